The zero-order valence-corrected chi connectivity index (χ0v) is 14.8. The highest BCUT2D eigenvalue weighted by Gasteiger charge is 2.27. The fraction of sp³-hybridized carbons (Fsp3) is 0.750. The molecule has 2 atom stereocenters. The van der Waals surface area contributed by atoms with Gasteiger partial charge < -0.3 is 20.9 Å². The van der Waals surface area contributed by atoms with Crippen molar-refractivity contribution < 1.29 is 4.79 Å². The summed E-state index contributed by atoms with van der Waals surface area (Å²) < 4.78 is 0. The number of aryl methyl sites for hydroxylation is 1. The maximum atomic E-state index is 12.4. The molecule has 0 spiro atoms. The fourth-order valence-corrected chi connectivity index (χ4v) is 3.14. The molecule has 1 aromatic rings. The van der Waals surface area contributed by atoms with Crippen molar-refractivity contribution in [3.05, 3.63) is 16.7 Å². The number of nitrogens with one attached hydrogen (secondary N) is 4. The van der Waals surface area contributed by atoms with E-state index in [2.05, 4.69) is 32.8 Å². The van der Waals surface area contributed by atoms with Crippen molar-refractivity contribution in [3.63, 3.8) is 0 Å². The van der Waals surface area contributed by atoms with Crippen LogP contribution in [0.1, 0.15) is 55.8 Å². The SMILES string of the molecule is CCCCCNC1CNCCC1NC(=O)c1nc(Cl)c(CC)[nH]1. The topological polar surface area (TPSA) is 81.8 Å². The number of unbranched alkanes of at least 4 members (excludes halogenated alkanes) is 2. The van der Waals surface area contributed by atoms with Gasteiger partial charge in [-0.05, 0) is 32.4 Å². The van der Waals surface area contributed by atoms with Crippen LogP contribution in [-0.2, 0) is 6.42 Å². The number of carbonyl (C=O) groups excluding carboxylic acids is 1. The minimum atomic E-state index is -0.182. The van der Waals surface area contributed by atoms with E-state index in [0.29, 0.717) is 11.0 Å². The van der Waals surface area contributed by atoms with Crippen LogP contribution in [0.5, 0.6) is 0 Å². The van der Waals surface area contributed by atoms with Gasteiger partial charge >= 0.3 is 0 Å². The molecule has 6 nitrogen and oxygen atoms in total. The number of aromatic nitrogens is 2. The van der Waals surface area contributed by atoms with Crippen molar-refractivity contribution in [2.45, 2.75) is 58.0 Å². The van der Waals surface area contributed by atoms with E-state index < -0.39 is 0 Å². The summed E-state index contributed by atoms with van der Waals surface area (Å²) in [6.07, 6.45) is 5.25. The van der Waals surface area contributed by atoms with E-state index in [1.807, 2.05) is 6.92 Å². The van der Waals surface area contributed by atoms with Crippen LogP contribution in [-0.4, -0.2) is 47.6 Å². The smallest absolute Gasteiger partial charge is 0.287 e. The molecular formula is C16H28ClN5O. The lowest BCUT2D eigenvalue weighted by Gasteiger charge is -2.33. The molecule has 0 radical (unpaired) electrons. The van der Waals surface area contributed by atoms with E-state index in [1.54, 1.807) is 0 Å². The maximum Gasteiger partial charge on any atom is 0.287 e. The Hall–Kier alpha value is -1.11. The lowest BCUT2D eigenvalue weighted by atomic mass is 10.0. The van der Waals surface area contributed by atoms with Crippen molar-refractivity contribution >= 4 is 17.5 Å². The zero-order chi connectivity index (χ0) is 16.7. The molecule has 0 aliphatic carbocycles. The second-order valence-electron chi connectivity index (χ2n) is 6.05. The van der Waals surface area contributed by atoms with E-state index >= 15 is 0 Å². The molecular weight excluding hydrogens is 314 g/mol. The molecule has 1 saturated heterocycles. The summed E-state index contributed by atoms with van der Waals surface area (Å²) in [6.45, 7) is 6.95. The summed E-state index contributed by atoms with van der Waals surface area (Å²) in [7, 11) is 0. The van der Waals surface area contributed by atoms with Gasteiger partial charge in [-0.25, -0.2) is 4.98 Å². The first-order valence-electron chi connectivity index (χ1n) is 8.65. The second kappa shape index (κ2) is 9.25. The summed E-state index contributed by atoms with van der Waals surface area (Å²) in [5.74, 6) is 0.119. The lowest BCUT2D eigenvalue weighted by molar-refractivity contribution is 0.0908. The van der Waals surface area contributed by atoms with Crippen LogP contribution >= 0.6 is 11.6 Å². The number of H-pyrrole nitrogens is 1. The Bertz CT molecular complexity index is 505. The summed E-state index contributed by atoms with van der Waals surface area (Å²) in [4.78, 5) is 19.5. The van der Waals surface area contributed by atoms with E-state index in [1.165, 1.54) is 19.3 Å². The number of imidazole rings is 1. The molecule has 130 valence electrons. The molecule has 4 N–H and O–H groups in total. The third-order valence-electron chi connectivity index (χ3n) is 4.28. The number of hydrogen-bond donors (Lipinski definition) is 4. The first-order valence-corrected chi connectivity index (χ1v) is 9.02. The monoisotopic (exact) mass is 341 g/mol. The van der Waals surface area contributed by atoms with E-state index in [9.17, 15) is 4.79 Å². The molecule has 7 heteroatoms. The predicted octanol–water partition coefficient (Wildman–Crippen LogP) is 1.87. The first-order chi connectivity index (χ1) is 11.2. The van der Waals surface area contributed by atoms with Gasteiger partial charge in [-0.15, -0.1) is 0 Å². The Morgan fingerprint density at radius 2 is 2.17 bits per heavy atom. The Labute approximate surface area is 143 Å². The average molecular weight is 342 g/mol. The minimum Gasteiger partial charge on any atom is -0.345 e. The molecule has 23 heavy (non-hydrogen) atoms. The van der Waals surface area contributed by atoms with E-state index in [4.69, 9.17) is 11.6 Å². The number of carbonyl (C=O) groups is 1. The van der Waals surface area contributed by atoms with E-state index in [0.717, 1.165) is 38.2 Å². The molecule has 1 fully saturated rings. The highest BCUT2D eigenvalue weighted by molar-refractivity contribution is 6.30. The fourth-order valence-electron chi connectivity index (χ4n) is 2.87. The van der Waals surface area contributed by atoms with Gasteiger partial charge in [0.1, 0.15) is 0 Å². The van der Waals surface area contributed by atoms with E-state index in [-0.39, 0.29) is 18.0 Å². The molecule has 1 aliphatic heterocycles. The van der Waals surface area contributed by atoms with Crippen LogP contribution in [0.25, 0.3) is 0 Å². The number of piperidine rings is 1. The van der Waals surface area contributed by atoms with Gasteiger partial charge in [-0.2, -0.15) is 0 Å². The Morgan fingerprint density at radius 1 is 1.35 bits per heavy atom. The number of amides is 1. The number of nitrogens with zero attached hydrogens (tertiary/aromatic N) is 1. The molecule has 1 aromatic heterocycles. The molecule has 0 aromatic carbocycles. The summed E-state index contributed by atoms with van der Waals surface area (Å²) in [5, 5.41) is 10.4. The van der Waals surface area contributed by atoms with Gasteiger partial charge in [-0.1, -0.05) is 38.3 Å². The normalized spacial score (nSPS) is 21.3. The van der Waals surface area contributed by atoms with Crippen LogP contribution < -0.4 is 16.0 Å². The quantitative estimate of drug-likeness (QED) is 0.544. The van der Waals surface area contributed by atoms with Gasteiger partial charge in [-0.3, -0.25) is 4.79 Å². The van der Waals surface area contributed by atoms with Gasteiger partial charge in [0, 0.05) is 18.6 Å². The van der Waals surface area contributed by atoms with Crippen molar-refractivity contribution in [1.29, 1.82) is 0 Å². The third-order valence-corrected chi connectivity index (χ3v) is 4.59. The lowest BCUT2D eigenvalue weighted by Crippen LogP contribution is -2.58. The van der Waals surface area contributed by atoms with Crippen LogP contribution in [0.15, 0.2) is 0 Å². The van der Waals surface area contributed by atoms with Gasteiger partial charge in [0.25, 0.3) is 5.91 Å². The first kappa shape index (κ1) is 18.2. The Balaban J connectivity index is 1.90. The highest BCUT2D eigenvalue weighted by atomic mass is 35.5. The zero-order valence-electron chi connectivity index (χ0n) is 14.0. The number of rotatable bonds is 8. The van der Waals surface area contributed by atoms with Gasteiger partial charge in [0.2, 0.25) is 0 Å². The maximum absolute atomic E-state index is 12.4. The Kier molecular flexibility index (Phi) is 7.33. The van der Waals surface area contributed by atoms with Crippen molar-refractivity contribution in [1.82, 2.24) is 25.9 Å². The molecule has 0 saturated carbocycles. The van der Waals surface area contributed by atoms with Crippen molar-refractivity contribution in [2.75, 3.05) is 19.6 Å². The van der Waals surface area contributed by atoms with Crippen LogP contribution in [0.2, 0.25) is 5.15 Å². The highest BCUT2D eigenvalue weighted by Crippen LogP contribution is 2.13. The standard InChI is InChI=1S/C16H28ClN5O/c1-3-5-6-8-19-13-10-18-9-7-12(13)21-16(23)15-20-11(4-2)14(17)22-15/h12-13,18-19H,3-10H2,1-2H3,(H,20,22)(H,21,23). The molecule has 1 amide bonds. The largest absolute Gasteiger partial charge is 0.345 e. The molecule has 1 aliphatic rings. The van der Waals surface area contributed by atoms with Crippen LogP contribution in [0.4, 0.5) is 0 Å². The number of hydrogen-bond acceptors (Lipinski definition) is 4. The number of aromatic amines is 1. The van der Waals surface area contributed by atoms with Gasteiger partial charge in [0.15, 0.2) is 11.0 Å². The third kappa shape index (κ3) is 5.19. The van der Waals surface area contributed by atoms with Crippen LogP contribution in [0.3, 0.4) is 0 Å². The summed E-state index contributed by atoms with van der Waals surface area (Å²) in [5.41, 5.74) is 0.802. The van der Waals surface area contributed by atoms with Gasteiger partial charge in [0.05, 0.1) is 5.69 Å². The summed E-state index contributed by atoms with van der Waals surface area (Å²) >= 11 is 6.01. The molecule has 0 bridgehead atoms. The molecule has 2 rings (SSSR count). The second-order valence-corrected chi connectivity index (χ2v) is 6.41. The van der Waals surface area contributed by atoms with Crippen LogP contribution in [0, 0.1) is 0 Å². The number of halogens is 1. The summed E-state index contributed by atoms with van der Waals surface area (Å²) in [6, 6.07) is 0.361. The molecule has 2 unspecified atom stereocenters. The van der Waals surface area contributed by atoms with Crippen molar-refractivity contribution in [2.24, 2.45) is 0 Å². The minimum absolute atomic E-state index is 0.110. The average Bonchev–Trinajstić information content (AvgIpc) is 2.94. The van der Waals surface area contributed by atoms with Crippen molar-refractivity contribution in [3.8, 4) is 0 Å². The predicted molar refractivity (Wildman–Crippen MR) is 93.0 cm³/mol. The Morgan fingerprint density at radius 3 is 2.87 bits per heavy atom. The molecule has 2 heterocycles.